The van der Waals surface area contributed by atoms with Gasteiger partial charge in [-0.3, -0.25) is 4.79 Å². The van der Waals surface area contributed by atoms with E-state index in [1.807, 2.05) is 18.2 Å². The number of anilines is 1. The molecular weight excluding hydrogens is 280 g/mol. The van der Waals surface area contributed by atoms with Crippen molar-refractivity contribution in [3.05, 3.63) is 53.5 Å². The summed E-state index contributed by atoms with van der Waals surface area (Å²) < 4.78 is 5.19. The molecule has 6 heteroatoms. The van der Waals surface area contributed by atoms with E-state index in [2.05, 4.69) is 30.2 Å². The Bertz CT molecular complexity index is 689. The zero-order valence-electron chi connectivity index (χ0n) is 12.7. The molecule has 2 aromatic rings. The number of nitrogens with two attached hydrogens (primary N) is 2. The SMILES string of the molecule is CC(C)c1cccc(NC(N)=NCc2cc(C(N)=O)co2)c1. The average molecular weight is 300 g/mol. The summed E-state index contributed by atoms with van der Waals surface area (Å²) in [6, 6.07) is 9.55. The van der Waals surface area contributed by atoms with E-state index < -0.39 is 5.91 Å². The summed E-state index contributed by atoms with van der Waals surface area (Å²) in [5.74, 6) is 0.707. The largest absolute Gasteiger partial charge is 0.467 e. The van der Waals surface area contributed by atoms with Crippen LogP contribution in [0.1, 0.15) is 41.4 Å². The van der Waals surface area contributed by atoms with Gasteiger partial charge in [0.15, 0.2) is 5.96 Å². The minimum absolute atomic E-state index is 0.232. The first kappa shape index (κ1) is 15.6. The Morgan fingerprint density at radius 1 is 1.32 bits per heavy atom. The van der Waals surface area contributed by atoms with Gasteiger partial charge in [-0.25, -0.2) is 4.99 Å². The highest BCUT2D eigenvalue weighted by atomic mass is 16.3. The van der Waals surface area contributed by atoms with Crippen LogP contribution in [-0.4, -0.2) is 11.9 Å². The molecule has 0 atom stereocenters. The Morgan fingerprint density at radius 2 is 2.09 bits per heavy atom. The number of amides is 1. The molecule has 1 aromatic carbocycles. The third-order valence-electron chi connectivity index (χ3n) is 3.17. The van der Waals surface area contributed by atoms with Crippen LogP contribution < -0.4 is 16.8 Å². The van der Waals surface area contributed by atoms with E-state index in [-0.39, 0.29) is 12.5 Å². The predicted octanol–water partition coefficient (Wildman–Crippen LogP) is 2.43. The molecule has 116 valence electrons. The van der Waals surface area contributed by atoms with Gasteiger partial charge in [0.2, 0.25) is 0 Å². The number of rotatable bonds is 5. The molecule has 0 aliphatic heterocycles. The number of nitrogens with zero attached hydrogens (tertiary/aromatic N) is 1. The van der Waals surface area contributed by atoms with Gasteiger partial charge in [0.1, 0.15) is 18.6 Å². The summed E-state index contributed by atoms with van der Waals surface area (Å²) in [6.45, 7) is 4.49. The fourth-order valence-corrected chi connectivity index (χ4v) is 1.92. The molecule has 2 rings (SSSR count). The maximum absolute atomic E-state index is 11.0. The number of furan rings is 1. The lowest BCUT2D eigenvalue weighted by Gasteiger charge is -2.09. The Morgan fingerprint density at radius 3 is 2.73 bits per heavy atom. The quantitative estimate of drug-likeness (QED) is 0.582. The van der Waals surface area contributed by atoms with Gasteiger partial charge in [-0.05, 0) is 29.7 Å². The van der Waals surface area contributed by atoms with Gasteiger partial charge < -0.3 is 21.2 Å². The van der Waals surface area contributed by atoms with Crippen molar-refractivity contribution in [2.45, 2.75) is 26.3 Å². The first-order valence-electron chi connectivity index (χ1n) is 7.00. The summed E-state index contributed by atoms with van der Waals surface area (Å²) in [4.78, 5) is 15.1. The van der Waals surface area contributed by atoms with E-state index in [0.717, 1.165) is 5.69 Å². The number of carbonyl (C=O) groups excluding carboxylic acids is 1. The average Bonchev–Trinajstić information content (AvgIpc) is 2.94. The summed E-state index contributed by atoms with van der Waals surface area (Å²) in [5.41, 5.74) is 13.4. The molecule has 0 aliphatic carbocycles. The molecule has 0 saturated heterocycles. The van der Waals surface area contributed by atoms with Crippen molar-refractivity contribution >= 4 is 17.6 Å². The summed E-state index contributed by atoms with van der Waals surface area (Å²) in [6.07, 6.45) is 1.31. The second-order valence-corrected chi connectivity index (χ2v) is 5.27. The molecule has 6 nitrogen and oxygen atoms in total. The van der Waals surface area contributed by atoms with Crippen molar-refractivity contribution in [2.24, 2.45) is 16.5 Å². The van der Waals surface area contributed by atoms with E-state index in [1.165, 1.54) is 11.8 Å². The molecule has 0 radical (unpaired) electrons. The van der Waals surface area contributed by atoms with E-state index in [9.17, 15) is 4.79 Å². The number of benzene rings is 1. The van der Waals surface area contributed by atoms with Crippen molar-refractivity contribution < 1.29 is 9.21 Å². The van der Waals surface area contributed by atoms with Crippen LogP contribution in [0.25, 0.3) is 0 Å². The monoisotopic (exact) mass is 300 g/mol. The highest BCUT2D eigenvalue weighted by molar-refractivity contribution is 5.93. The first-order valence-corrected chi connectivity index (χ1v) is 7.00. The summed E-state index contributed by atoms with van der Waals surface area (Å²) in [7, 11) is 0. The third kappa shape index (κ3) is 4.12. The van der Waals surface area contributed by atoms with Gasteiger partial charge in [0.25, 0.3) is 5.91 Å². The summed E-state index contributed by atoms with van der Waals surface area (Å²) in [5, 5.41) is 3.03. The van der Waals surface area contributed by atoms with Gasteiger partial charge in [0.05, 0.1) is 5.56 Å². The van der Waals surface area contributed by atoms with Crippen LogP contribution in [0, 0.1) is 0 Å². The van der Waals surface area contributed by atoms with Crippen LogP contribution in [0.3, 0.4) is 0 Å². The lowest BCUT2D eigenvalue weighted by molar-refractivity contribution is 0.0999. The minimum atomic E-state index is -0.532. The lowest BCUT2D eigenvalue weighted by atomic mass is 10.0. The molecule has 0 spiro atoms. The second-order valence-electron chi connectivity index (χ2n) is 5.27. The lowest BCUT2D eigenvalue weighted by Crippen LogP contribution is -2.22. The van der Waals surface area contributed by atoms with Crippen molar-refractivity contribution in [3.63, 3.8) is 0 Å². The number of nitrogens with one attached hydrogen (secondary N) is 1. The number of aliphatic imine (C=N–C) groups is 1. The Hall–Kier alpha value is -2.76. The zero-order valence-corrected chi connectivity index (χ0v) is 12.7. The maximum atomic E-state index is 11.0. The minimum Gasteiger partial charge on any atom is -0.467 e. The Labute approximate surface area is 129 Å². The molecule has 22 heavy (non-hydrogen) atoms. The van der Waals surface area contributed by atoms with Gasteiger partial charge in [0, 0.05) is 5.69 Å². The van der Waals surface area contributed by atoms with Crippen molar-refractivity contribution in [2.75, 3.05) is 5.32 Å². The van der Waals surface area contributed by atoms with Gasteiger partial charge in [-0.1, -0.05) is 26.0 Å². The molecule has 0 fully saturated rings. The van der Waals surface area contributed by atoms with Crippen LogP contribution in [0.2, 0.25) is 0 Å². The Kier molecular flexibility index (Phi) is 4.83. The fourth-order valence-electron chi connectivity index (χ4n) is 1.92. The first-order chi connectivity index (χ1) is 10.5. The van der Waals surface area contributed by atoms with Crippen molar-refractivity contribution in [1.29, 1.82) is 0 Å². The van der Waals surface area contributed by atoms with Crippen LogP contribution in [-0.2, 0) is 6.54 Å². The number of hydrogen-bond donors (Lipinski definition) is 3. The number of carbonyl (C=O) groups is 1. The Balaban J connectivity index is 2.00. The second kappa shape index (κ2) is 6.80. The number of hydrogen-bond acceptors (Lipinski definition) is 3. The normalized spacial score (nSPS) is 11.7. The third-order valence-corrected chi connectivity index (χ3v) is 3.17. The van der Waals surface area contributed by atoms with Gasteiger partial charge >= 0.3 is 0 Å². The molecule has 1 heterocycles. The molecule has 0 bridgehead atoms. The zero-order chi connectivity index (χ0) is 16.1. The molecule has 1 aromatic heterocycles. The fraction of sp³-hybridized carbons (Fsp3) is 0.250. The standard InChI is InChI=1S/C16H20N4O2/c1-10(2)11-4-3-5-13(6-11)20-16(18)19-8-14-7-12(9-22-14)15(17)21/h3-7,9-10H,8H2,1-2H3,(H2,17,21)(H3,18,19,20). The molecular formula is C16H20N4O2. The van der Waals surface area contributed by atoms with Crippen molar-refractivity contribution in [3.8, 4) is 0 Å². The van der Waals surface area contributed by atoms with Crippen molar-refractivity contribution in [1.82, 2.24) is 0 Å². The predicted molar refractivity (Wildman–Crippen MR) is 86.7 cm³/mol. The smallest absolute Gasteiger partial charge is 0.251 e. The molecule has 1 amide bonds. The van der Waals surface area contributed by atoms with E-state index in [1.54, 1.807) is 6.07 Å². The number of guanidine groups is 1. The highest BCUT2D eigenvalue weighted by Crippen LogP contribution is 2.18. The highest BCUT2D eigenvalue weighted by Gasteiger charge is 2.06. The number of primary amides is 1. The topological polar surface area (TPSA) is 107 Å². The van der Waals surface area contributed by atoms with E-state index in [4.69, 9.17) is 15.9 Å². The molecule has 0 saturated carbocycles. The van der Waals surface area contributed by atoms with E-state index in [0.29, 0.717) is 17.2 Å². The van der Waals surface area contributed by atoms with E-state index >= 15 is 0 Å². The van der Waals surface area contributed by atoms with Crippen LogP contribution in [0.4, 0.5) is 5.69 Å². The molecule has 5 N–H and O–H groups in total. The van der Waals surface area contributed by atoms with Crippen LogP contribution >= 0.6 is 0 Å². The van der Waals surface area contributed by atoms with Crippen LogP contribution in [0.15, 0.2) is 46.0 Å². The summed E-state index contributed by atoms with van der Waals surface area (Å²) >= 11 is 0. The van der Waals surface area contributed by atoms with Crippen LogP contribution in [0.5, 0.6) is 0 Å². The van der Waals surface area contributed by atoms with Gasteiger partial charge in [-0.2, -0.15) is 0 Å². The molecule has 0 unspecified atom stereocenters. The molecule has 0 aliphatic rings. The van der Waals surface area contributed by atoms with Gasteiger partial charge in [-0.15, -0.1) is 0 Å². The maximum Gasteiger partial charge on any atom is 0.251 e.